The standard InChI is InChI=1S/C20H17IN4O5S/c21-11-1-2-12-14(3-4-22-15(12)5-11)23-7-16(27)24-6-13-18(28)25-17(20(29)30)10(8-26)9-31-19(13)25/h1-6,13,19,26H,7-9H2,(H,22,23)(H,29,30). The third kappa shape index (κ3) is 4.16. The zero-order valence-corrected chi connectivity index (χ0v) is 19.0. The summed E-state index contributed by atoms with van der Waals surface area (Å²) in [6.07, 6.45) is 2.95. The summed E-state index contributed by atoms with van der Waals surface area (Å²) in [4.78, 5) is 45.5. The van der Waals surface area contributed by atoms with E-state index in [9.17, 15) is 24.6 Å². The SMILES string of the molecule is O=C(CNc1ccnc2cc(I)ccc12)N=CC1C(=O)N2C(C(=O)O)=C(CO)CSC12. The number of carbonyl (C=O) groups excluding carboxylic acids is 2. The van der Waals surface area contributed by atoms with Gasteiger partial charge < -0.3 is 15.5 Å². The number of aliphatic hydroxyl groups is 1. The van der Waals surface area contributed by atoms with Gasteiger partial charge in [0.2, 0.25) is 5.91 Å². The Hall–Kier alpha value is -2.51. The molecule has 2 aromatic rings. The van der Waals surface area contributed by atoms with Crippen molar-refractivity contribution in [3.8, 4) is 0 Å². The second-order valence-corrected chi connectivity index (χ2v) is 9.25. The molecule has 0 bridgehead atoms. The molecule has 160 valence electrons. The van der Waals surface area contributed by atoms with E-state index in [4.69, 9.17) is 0 Å². The number of carboxylic acids is 1. The number of carbonyl (C=O) groups is 3. The number of thioether (sulfide) groups is 1. The summed E-state index contributed by atoms with van der Waals surface area (Å²) in [5.74, 6) is -2.52. The number of aliphatic hydroxyl groups excluding tert-OH is 1. The summed E-state index contributed by atoms with van der Waals surface area (Å²) in [7, 11) is 0. The van der Waals surface area contributed by atoms with E-state index in [1.54, 1.807) is 12.3 Å². The number of carboxylic acid groups (broad SMARTS) is 1. The summed E-state index contributed by atoms with van der Waals surface area (Å²) in [5, 5.41) is 22.2. The number of pyridine rings is 1. The van der Waals surface area contributed by atoms with Crippen LogP contribution in [0, 0.1) is 9.49 Å². The van der Waals surface area contributed by atoms with E-state index in [0.29, 0.717) is 11.3 Å². The van der Waals surface area contributed by atoms with Crippen molar-refractivity contribution in [2.75, 3.05) is 24.2 Å². The molecule has 2 atom stereocenters. The van der Waals surface area contributed by atoms with Crippen molar-refractivity contribution >= 4 is 74.9 Å². The average Bonchev–Trinajstić information content (AvgIpc) is 2.76. The molecule has 0 saturated carbocycles. The molecule has 3 heterocycles. The van der Waals surface area contributed by atoms with Crippen molar-refractivity contribution in [2.45, 2.75) is 5.37 Å². The number of fused-ring (bicyclic) bond motifs is 2. The first kappa shape index (κ1) is 21.7. The molecule has 31 heavy (non-hydrogen) atoms. The molecular formula is C20H17IN4O5S. The molecule has 1 saturated heterocycles. The van der Waals surface area contributed by atoms with Gasteiger partial charge in [-0.3, -0.25) is 19.5 Å². The van der Waals surface area contributed by atoms with Crippen molar-refractivity contribution in [1.82, 2.24) is 9.88 Å². The predicted octanol–water partition coefficient (Wildman–Crippen LogP) is 1.71. The summed E-state index contributed by atoms with van der Waals surface area (Å²) >= 11 is 3.55. The van der Waals surface area contributed by atoms with E-state index in [1.807, 2.05) is 18.2 Å². The number of aromatic nitrogens is 1. The molecule has 4 rings (SSSR count). The van der Waals surface area contributed by atoms with Gasteiger partial charge in [0.05, 0.1) is 24.0 Å². The van der Waals surface area contributed by atoms with Gasteiger partial charge in [0.15, 0.2) is 0 Å². The van der Waals surface area contributed by atoms with Gasteiger partial charge in [-0.05, 0) is 52.4 Å². The van der Waals surface area contributed by atoms with Crippen LogP contribution in [-0.2, 0) is 14.4 Å². The maximum atomic E-state index is 12.4. The molecule has 11 heteroatoms. The number of hydrogen-bond acceptors (Lipinski definition) is 7. The fourth-order valence-electron chi connectivity index (χ4n) is 3.49. The molecule has 0 radical (unpaired) electrons. The number of anilines is 1. The van der Waals surface area contributed by atoms with E-state index in [-0.39, 0.29) is 12.2 Å². The Balaban J connectivity index is 1.40. The number of β-lactam (4-membered cyclic amide) rings is 1. The first-order valence-corrected chi connectivity index (χ1v) is 11.4. The van der Waals surface area contributed by atoms with E-state index < -0.39 is 35.7 Å². The molecule has 0 spiro atoms. The molecule has 3 N–H and O–H groups in total. The van der Waals surface area contributed by atoms with Crippen molar-refractivity contribution in [1.29, 1.82) is 0 Å². The summed E-state index contributed by atoms with van der Waals surface area (Å²) in [6.45, 7) is -0.476. The Morgan fingerprint density at radius 1 is 1.39 bits per heavy atom. The Kier molecular flexibility index (Phi) is 6.25. The maximum Gasteiger partial charge on any atom is 0.352 e. The van der Waals surface area contributed by atoms with E-state index in [0.717, 1.165) is 25.1 Å². The van der Waals surface area contributed by atoms with Crippen LogP contribution in [0.3, 0.4) is 0 Å². The van der Waals surface area contributed by atoms with Crippen LogP contribution < -0.4 is 5.32 Å². The zero-order valence-electron chi connectivity index (χ0n) is 16.0. The molecule has 1 aromatic carbocycles. The smallest absolute Gasteiger partial charge is 0.352 e. The normalized spacial score (nSPS) is 20.7. The monoisotopic (exact) mass is 552 g/mol. The van der Waals surface area contributed by atoms with Crippen LogP contribution in [0.4, 0.5) is 5.69 Å². The number of amides is 2. The molecule has 2 aliphatic heterocycles. The molecule has 2 aliphatic rings. The lowest BCUT2D eigenvalue weighted by Gasteiger charge is -2.48. The third-order valence-corrected chi connectivity index (χ3v) is 7.03. The van der Waals surface area contributed by atoms with Crippen LogP contribution in [0.5, 0.6) is 0 Å². The highest BCUT2D eigenvalue weighted by atomic mass is 127. The van der Waals surface area contributed by atoms with Crippen LogP contribution in [-0.4, -0.2) is 68.4 Å². The van der Waals surface area contributed by atoms with E-state index >= 15 is 0 Å². The molecular weight excluding hydrogens is 535 g/mol. The van der Waals surface area contributed by atoms with Crippen LogP contribution >= 0.6 is 34.4 Å². The van der Waals surface area contributed by atoms with Crippen molar-refractivity contribution < 1.29 is 24.6 Å². The number of nitrogens with zero attached hydrogens (tertiary/aromatic N) is 3. The highest BCUT2D eigenvalue weighted by molar-refractivity contribution is 14.1. The highest BCUT2D eigenvalue weighted by Gasteiger charge is 2.52. The number of hydrogen-bond donors (Lipinski definition) is 3. The lowest BCUT2D eigenvalue weighted by molar-refractivity contribution is -0.149. The third-order valence-electron chi connectivity index (χ3n) is 5.00. The number of aliphatic carboxylic acids is 1. The van der Waals surface area contributed by atoms with Gasteiger partial charge in [0, 0.05) is 32.8 Å². The van der Waals surface area contributed by atoms with Gasteiger partial charge >= 0.3 is 5.97 Å². The number of benzene rings is 1. The van der Waals surface area contributed by atoms with Gasteiger partial charge in [-0.15, -0.1) is 11.8 Å². The number of aliphatic imine (C=N–C) groups is 1. The molecule has 1 aromatic heterocycles. The Morgan fingerprint density at radius 2 is 2.19 bits per heavy atom. The van der Waals surface area contributed by atoms with Crippen molar-refractivity contribution in [2.24, 2.45) is 10.9 Å². The Labute approximate surface area is 194 Å². The van der Waals surface area contributed by atoms with Gasteiger partial charge in [0.25, 0.3) is 5.91 Å². The molecule has 2 unspecified atom stereocenters. The van der Waals surface area contributed by atoms with Gasteiger partial charge in [0.1, 0.15) is 11.6 Å². The molecule has 2 amide bonds. The Bertz CT molecular complexity index is 1150. The topological polar surface area (TPSA) is 132 Å². The van der Waals surface area contributed by atoms with Crippen molar-refractivity contribution in [3.05, 3.63) is 45.3 Å². The predicted molar refractivity (Wildman–Crippen MR) is 125 cm³/mol. The van der Waals surface area contributed by atoms with Gasteiger partial charge in [-0.1, -0.05) is 0 Å². The quantitative estimate of drug-likeness (QED) is 0.281. The second-order valence-electron chi connectivity index (χ2n) is 6.90. The number of halogens is 1. The second kappa shape index (κ2) is 8.93. The van der Waals surface area contributed by atoms with Gasteiger partial charge in [-0.25, -0.2) is 9.79 Å². The lowest BCUT2D eigenvalue weighted by atomic mass is 9.96. The molecule has 1 fully saturated rings. The van der Waals surface area contributed by atoms with Crippen LogP contribution in [0.2, 0.25) is 0 Å². The fraction of sp³-hybridized carbons (Fsp3) is 0.250. The summed E-state index contributed by atoms with van der Waals surface area (Å²) in [6, 6.07) is 7.60. The minimum Gasteiger partial charge on any atom is -0.477 e. The molecule has 0 aliphatic carbocycles. The van der Waals surface area contributed by atoms with Crippen LogP contribution in [0.25, 0.3) is 10.9 Å². The van der Waals surface area contributed by atoms with Gasteiger partial charge in [-0.2, -0.15) is 0 Å². The first-order valence-electron chi connectivity index (χ1n) is 9.26. The van der Waals surface area contributed by atoms with E-state index in [2.05, 4.69) is 37.9 Å². The van der Waals surface area contributed by atoms with Crippen LogP contribution in [0.1, 0.15) is 0 Å². The number of nitrogens with one attached hydrogen (secondary N) is 1. The zero-order chi connectivity index (χ0) is 22.1. The Morgan fingerprint density at radius 3 is 2.94 bits per heavy atom. The lowest BCUT2D eigenvalue weighted by Crippen LogP contribution is -2.62. The fourth-order valence-corrected chi connectivity index (χ4v) is 5.32. The largest absolute Gasteiger partial charge is 0.477 e. The van der Waals surface area contributed by atoms with E-state index in [1.165, 1.54) is 18.0 Å². The molecule has 9 nitrogen and oxygen atoms in total. The summed E-state index contributed by atoms with van der Waals surface area (Å²) in [5.41, 5.74) is 1.70. The minimum atomic E-state index is -1.25. The number of rotatable bonds is 6. The van der Waals surface area contributed by atoms with Crippen LogP contribution in [0.15, 0.2) is 46.7 Å². The maximum absolute atomic E-state index is 12.4. The first-order chi connectivity index (χ1) is 14.9. The van der Waals surface area contributed by atoms with Crippen molar-refractivity contribution in [3.63, 3.8) is 0 Å². The summed E-state index contributed by atoms with van der Waals surface area (Å²) < 4.78 is 1.06. The average molecular weight is 552 g/mol. The minimum absolute atomic E-state index is 0.0566. The highest BCUT2D eigenvalue weighted by Crippen LogP contribution is 2.42.